The molecular formula is C34H20O2. The summed E-state index contributed by atoms with van der Waals surface area (Å²) >= 11 is 0. The van der Waals surface area contributed by atoms with E-state index in [0.29, 0.717) is 0 Å². The lowest BCUT2D eigenvalue weighted by Crippen LogP contribution is -1.91. The maximum atomic E-state index is 6.44. The van der Waals surface area contributed by atoms with Crippen LogP contribution >= 0.6 is 0 Å². The maximum Gasteiger partial charge on any atom is 0.147 e. The topological polar surface area (TPSA) is 26.3 Å². The van der Waals surface area contributed by atoms with Crippen molar-refractivity contribution < 1.29 is 8.83 Å². The Morgan fingerprint density at radius 2 is 1.03 bits per heavy atom. The quantitative estimate of drug-likeness (QED) is 0.240. The third kappa shape index (κ3) is 2.61. The molecule has 8 rings (SSSR count). The average Bonchev–Trinajstić information content (AvgIpc) is 3.56. The second-order valence-corrected chi connectivity index (χ2v) is 9.27. The van der Waals surface area contributed by atoms with Crippen molar-refractivity contribution in [1.82, 2.24) is 0 Å². The predicted octanol–water partition coefficient (Wildman–Crippen LogP) is 9.97. The van der Waals surface area contributed by atoms with Crippen molar-refractivity contribution in [3.05, 3.63) is 122 Å². The summed E-state index contributed by atoms with van der Waals surface area (Å²) < 4.78 is 12.4. The summed E-state index contributed by atoms with van der Waals surface area (Å²) in [5.41, 5.74) is 7.40. The molecule has 0 radical (unpaired) electrons. The van der Waals surface area contributed by atoms with E-state index >= 15 is 0 Å². The van der Waals surface area contributed by atoms with Gasteiger partial charge in [0.1, 0.15) is 16.7 Å². The fourth-order valence-corrected chi connectivity index (χ4v) is 5.86. The highest BCUT2D eigenvalue weighted by Crippen LogP contribution is 2.48. The number of fused-ring (bicyclic) bond motifs is 7. The molecule has 0 aliphatic rings. The third-order valence-electron chi connectivity index (χ3n) is 7.34. The fourth-order valence-electron chi connectivity index (χ4n) is 5.86. The second-order valence-electron chi connectivity index (χ2n) is 9.27. The van der Waals surface area contributed by atoms with Gasteiger partial charge in [0, 0.05) is 10.8 Å². The van der Waals surface area contributed by atoms with Gasteiger partial charge in [-0.15, -0.1) is 0 Å². The molecule has 0 amide bonds. The Morgan fingerprint density at radius 1 is 0.444 bits per heavy atom. The zero-order valence-electron chi connectivity index (χ0n) is 19.4. The van der Waals surface area contributed by atoms with Crippen LogP contribution in [0.25, 0.3) is 76.7 Å². The highest BCUT2D eigenvalue weighted by molar-refractivity contribution is 6.28. The molecule has 0 aliphatic carbocycles. The molecule has 8 aromatic rings. The maximum absolute atomic E-state index is 6.44. The molecule has 0 atom stereocenters. The summed E-state index contributed by atoms with van der Waals surface area (Å²) in [5.74, 6) is 0. The molecule has 0 unspecified atom stereocenters. The smallest absolute Gasteiger partial charge is 0.147 e. The van der Waals surface area contributed by atoms with Crippen LogP contribution in [0.4, 0.5) is 0 Å². The number of hydrogen-bond donors (Lipinski definition) is 0. The van der Waals surface area contributed by atoms with Crippen LogP contribution in [0.1, 0.15) is 0 Å². The van der Waals surface area contributed by atoms with Crippen LogP contribution in [-0.4, -0.2) is 0 Å². The van der Waals surface area contributed by atoms with Crippen molar-refractivity contribution in [2.75, 3.05) is 0 Å². The van der Waals surface area contributed by atoms with Crippen LogP contribution in [0.15, 0.2) is 130 Å². The van der Waals surface area contributed by atoms with Crippen LogP contribution in [0.2, 0.25) is 0 Å². The number of rotatable bonds is 2. The van der Waals surface area contributed by atoms with Crippen molar-refractivity contribution in [3.63, 3.8) is 0 Å². The second kappa shape index (κ2) is 7.34. The number of hydrogen-bond acceptors (Lipinski definition) is 2. The van der Waals surface area contributed by atoms with Gasteiger partial charge in [0.25, 0.3) is 0 Å². The van der Waals surface area contributed by atoms with Crippen LogP contribution < -0.4 is 0 Å². The van der Waals surface area contributed by atoms with Gasteiger partial charge >= 0.3 is 0 Å². The lowest BCUT2D eigenvalue weighted by atomic mass is 9.84. The van der Waals surface area contributed by atoms with Gasteiger partial charge in [0.2, 0.25) is 0 Å². The largest absolute Gasteiger partial charge is 0.464 e. The van der Waals surface area contributed by atoms with Gasteiger partial charge in [-0.05, 0) is 62.0 Å². The van der Waals surface area contributed by atoms with Crippen molar-refractivity contribution in [2.45, 2.75) is 0 Å². The minimum Gasteiger partial charge on any atom is -0.464 e. The molecule has 0 fully saturated rings. The Morgan fingerprint density at radius 3 is 1.72 bits per heavy atom. The summed E-state index contributed by atoms with van der Waals surface area (Å²) in [6, 6.07) is 40.7. The summed E-state index contributed by atoms with van der Waals surface area (Å²) in [6.07, 6.45) is 1.75. The van der Waals surface area contributed by atoms with Crippen molar-refractivity contribution in [3.8, 4) is 22.3 Å². The molecule has 168 valence electrons. The molecule has 2 aromatic heterocycles. The van der Waals surface area contributed by atoms with Crippen molar-refractivity contribution in [2.24, 2.45) is 0 Å². The summed E-state index contributed by atoms with van der Waals surface area (Å²) in [7, 11) is 0. The Hall–Kier alpha value is -4.82. The number of benzene rings is 6. The van der Waals surface area contributed by atoms with Crippen LogP contribution in [0, 0.1) is 0 Å². The van der Waals surface area contributed by atoms with Gasteiger partial charge in [0.15, 0.2) is 0 Å². The highest BCUT2D eigenvalue weighted by atomic mass is 16.3. The molecule has 0 aliphatic heterocycles. The van der Waals surface area contributed by atoms with Gasteiger partial charge in [-0.1, -0.05) is 97.1 Å². The minimum atomic E-state index is 0.830. The molecule has 0 saturated heterocycles. The van der Waals surface area contributed by atoms with E-state index in [1.54, 1.807) is 6.26 Å². The number of para-hydroxylation sites is 1. The van der Waals surface area contributed by atoms with Crippen LogP contribution in [-0.2, 0) is 0 Å². The molecule has 0 N–H and O–H groups in total. The Balaban J connectivity index is 1.64. The van der Waals surface area contributed by atoms with E-state index in [4.69, 9.17) is 8.83 Å². The van der Waals surface area contributed by atoms with E-state index in [-0.39, 0.29) is 0 Å². The molecule has 0 bridgehead atoms. The van der Waals surface area contributed by atoms with Gasteiger partial charge in [-0.3, -0.25) is 0 Å². The van der Waals surface area contributed by atoms with Crippen LogP contribution in [0.5, 0.6) is 0 Å². The molecule has 2 heteroatoms. The van der Waals surface area contributed by atoms with Gasteiger partial charge < -0.3 is 8.83 Å². The third-order valence-corrected chi connectivity index (χ3v) is 7.34. The van der Waals surface area contributed by atoms with Gasteiger partial charge in [-0.25, -0.2) is 0 Å². The molecule has 6 aromatic carbocycles. The summed E-state index contributed by atoms with van der Waals surface area (Å²) in [5, 5.41) is 8.14. The molecular weight excluding hydrogens is 440 g/mol. The Bertz CT molecular complexity index is 2030. The summed E-state index contributed by atoms with van der Waals surface area (Å²) in [4.78, 5) is 0. The van der Waals surface area contributed by atoms with Gasteiger partial charge in [0.05, 0.1) is 11.6 Å². The minimum absolute atomic E-state index is 0.830. The monoisotopic (exact) mass is 460 g/mol. The number of furan rings is 2. The SMILES string of the molecule is c1ccc(-c2c3ccccc3c(-c3cc4occc4c4oc5ccccc5c34)c3ccccc23)cc1. The highest BCUT2D eigenvalue weighted by Gasteiger charge is 2.22. The molecule has 36 heavy (non-hydrogen) atoms. The first-order chi connectivity index (χ1) is 17.9. The van der Waals surface area contributed by atoms with E-state index in [0.717, 1.165) is 38.5 Å². The van der Waals surface area contributed by atoms with Crippen molar-refractivity contribution in [1.29, 1.82) is 0 Å². The van der Waals surface area contributed by atoms with E-state index in [1.165, 1.54) is 38.2 Å². The first kappa shape index (κ1) is 19.5. The first-order valence-corrected chi connectivity index (χ1v) is 12.2. The normalized spacial score (nSPS) is 11.9. The summed E-state index contributed by atoms with van der Waals surface area (Å²) in [6.45, 7) is 0. The lowest BCUT2D eigenvalue weighted by Gasteiger charge is -2.18. The van der Waals surface area contributed by atoms with E-state index < -0.39 is 0 Å². The van der Waals surface area contributed by atoms with E-state index in [1.807, 2.05) is 18.2 Å². The average molecular weight is 461 g/mol. The fraction of sp³-hybridized carbons (Fsp3) is 0. The van der Waals surface area contributed by atoms with Gasteiger partial charge in [-0.2, -0.15) is 0 Å². The van der Waals surface area contributed by atoms with E-state index in [9.17, 15) is 0 Å². The van der Waals surface area contributed by atoms with Crippen molar-refractivity contribution >= 4 is 54.5 Å². The molecule has 0 saturated carbocycles. The lowest BCUT2D eigenvalue weighted by molar-refractivity contribution is 0.615. The first-order valence-electron chi connectivity index (χ1n) is 12.2. The zero-order valence-corrected chi connectivity index (χ0v) is 19.4. The van der Waals surface area contributed by atoms with Crippen LogP contribution in [0.3, 0.4) is 0 Å². The molecule has 2 nitrogen and oxygen atoms in total. The zero-order chi connectivity index (χ0) is 23.6. The predicted molar refractivity (Wildman–Crippen MR) is 149 cm³/mol. The molecule has 0 spiro atoms. The Labute approximate surface area is 207 Å². The Kier molecular flexibility index (Phi) is 3.97. The standard InChI is InChI=1S/C34H20O2/c1-2-10-21(11-3-1)31-22-12-4-6-14-24(22)32(25-15-7-5-13-23(25)31)28-20-30-27(18-19-35-30)34-33(28)26-16-8-9-17-29(26)36-34/h1-20H. The molecule has 2 heterocycles. The van der Waals surface area contributed by atoms with E-state index in [2.05, 4.69) is 97.1 Å².